The van der Waals surface area contributed by atoms with Crippen LogP contribution in [-0.4, -0.2) is 69.8 Å². The summed E-state index contributed by atoms with van der Waals surface area (Å²) in [6, 6.07) is -2.72. The van der Waals surface area contributed by atoms with Crippen LogP contribution in [0.2, 0.25) is 0 Å². The molecule has 10 heteroatoms. The number of nitrogens with one attached hydrogen (secondary N) is 1. The lowest BCUT2D eigenvalue weighted by atomic mass is 10.2. The van der Waals surface area contributed by atoms with E-state index in [0.717, 1.165) is 0 Å². The molecule has 0 fully saturated rings. The molecule has 4 atom stereocenters. The molecule has 0 heterocycles. The van der Waals surface area contributed by atoms with Gasteiger partial charge in [-0.2, -0.15) is 12.6 Å². The predicted molar refractivity (Wildman–Crippen MR) is 83.8 cm³/mol. The summed E-state index contributed by atoms with van der Waals surface area (Å²) in [7, 11) is 0. The molecule has 0 aliphatic rings. The molecular formula is C13H22N2O7S. The number of ether oxygens (including phenoxy) is 1. The second kappa shape index (κ2) is 11.0. The molecule has 0 bridgehead atoms. The highest BCUT2D eigenvalue weighted by atomic mass is 32.1. The lowest BCUT2D eigenvalue weighted by molar-refractivity contribution is -0.152. The highest BCUT2D eigenvalue weighted by Crippen LogP contribution is 2.05. The zero-order valence-electron chi connectivity index (χ0n) is 12.6. The van der Waals surface area contributed by atoms with E-state index >= 15 is 0 Å². The number of carboxylic acids is 1. The monoisotopic (exact) mass is 350 g/mol. The summed E-state index contributed by atoms with van der Waals surface area (Å²) >= 11 is 3.94. The average Bonchev–Trinajstić information content (AvgIpc) is 2.48. The number of rotatable bonds is 10. The zero-order valence-corrected chi connectivity index (χ0v) is 13.5. The zero-order chi connectivity index (χ0) is 18.0. The molecular weight excluding hydrogens is 328 g/mol. The van der Waals surface area contributed by atoms with Gasteiger partial charge in [0.2, 0.25) is 5.91 Å². The van der Waals surface area contributed by atoms with Crippen LogP contribution in [0.5, 0.6) is 0 Å². The van der Waals surface area contributed by atoms with Crippen molar-refractivity contribution in [2.45, 2.75) is 37.6 Å². The molecule has 0 aromatic rings. The summed E-state index contributed by atoms with van der Waals surface area (Å²) in [4.78, 5) is 34.2. The van der Waals surface area contributed by atoms with Crippen molar-refractivity contribution >= 4 is 30.5 Å². The SMILES string of the molecule is CC(O)C(N)C(=O)OC(/C=C/CS)CC(=O)N[C@H](CO)C(=O)O. The number of nitrogens with two attached hydrogens (primary N) is 1. The fraction of sp³-hybridized carbons (Fsp3) is 0.615. The Morgan fingerprint density at radius 1 is 1.39 bits per heavy atom. The standard InChI is InChI=1S/C13H22N2O7S/c1-7(17)11(14)13(21)22-8(3-2-4-23)5-10(18)15-9(6-16)12(19)20/h2-3,7-9,11,16-17,23H,4-6,14H2,1H3,(H,15,18)(H,19,20)/b3-2+/t7?,8?,9-,11?/m1/s1. The average molecular weight is 350 g/mol. The summed E-state index contributed by atoms with van der Waals surface area (Å²) in [5.41, 5.74) is 5.43. The van der Waals surface area contributed by atoms with Crippen molar-refractivity contribution in [2.75, 3.05) is 12.4 Å². The molecule has 0 aromatic heterocycles. The van der Waals surface area contributed by atoms with Crippen LogP contribution in [0, 0.1) is 0 Å². The van der Waals surface area contributed by atoms with E-state index in [1.807, 2.05) is 0 Å². The molecule has 9 nitrogen and oxygen atoms in total. The van der Waals surface area contributed by atoms with Crippen LogP contribution in [-0.2, 0) is 19.1 Å². The minimum Gasteiger partial charge on any atom is -0.480 e. The third-order valence-electron chi connectivity index (χ3n) is 2.72. The van der Waals surface area contributed by atoms with E-state index in [4.69, 9.17) is 20.7 Å². The van der Waals surface area contributed by atoms with Crippen LogP contribution >= 0.6 is 12.6 Å². The first-order valence-electron chi connectivity index (χ1n) is 6.77. The van der Waals surface area contributed by atoms with Crippen molar-refractivity contribution in [3.05, 3.63) is 12.2 Å². The minimum atomic E-state index is -1.45. The molecule has 0 aliphatic carbocycles. The van der Waals surface area contributed by atoms with Crippen LogP contribution < -0.4 is 11.1 Å². The van der Waals surface area contributed by atoms with Gasteiger partial charge in [0.05, 0.1) is 19.1 Å². The van der Waals surface area contributed by atoms with Gasteiger partial charge >= 0.3 is 11.9 Å². The van der Waals surface area contributed by atoms with Crippen molar-refractivity contribution in [2.24, 2.45) is 5.73 Å². The van der Waals surface area contributed by atoms with Crippen molar-refractivity contribution < 1.29 is 34.4 Å². The van der Waals surface area contributed by atoms with Gasteiger partial charge in [-0.15, -0.1) is 0 Å². The van der Waals surface area contributed by atoms with Gasteiger partial charge in [-0.1, -0.05) is 6.08 Å². The maximum absolute atomic E-state index is 11.8. The lowest BCUT2D eigenvalue weighted by Crippen LogP contribution is -2.45. The van der Waals surface area contributed by atoms with E-state index in [1.165, 1.54) is 19.1 Å². The minimum absolute atomic E-state index is 0.326. The quantitative estimate of drug-likeness (QED) is 0.151. The Balaban J connectivity index is 4.79. The molecule has 6 N–H and O–H groups in total. The van der Waals surface area contributed by atoms with Gasteiger partial charge < -0.3 is 31.1 Å². The highest BCUT2D eigenvalue weighted by molar-refractivity contribution is 7.80. The smallest absolute Gasteiger partial charge is 0.328 e. The number of carbonyl (C=O) groups is 3. The molecule has 132 valence electrons. The van der Waals surface area contributed by atoms with Crippen LogP contribution in [0.25, 0.3) is 0 Å². The van der Waals surface area contributed by atoms with Gasteiger partial charge in [0.1, 0.15) is 18.2 Å². The summed E-state index contributed by atoms with van der Waals surface area (Å²) in [5.74, 6) is -2.71. The first-order valence-corrected chi connectivity index (χ1v) is 7.40. The third kappa shape index (κ3) is 8.55. The van der Waals surface area contributed by atoms with E-state index in [0.29, 0.717) is 5.75 Å². The van der Waals surface area contributed by atoms with E-state index in [9.17, 15) is 19.5 Å². The Bertz CT molecular complexity index is 442. The summed E-state index contributed by atoms with van der Waals surface area (Å²) in [6.07, 6.45) is 0.424. The number of amides is 1. The summed E-state index contributed by atoms with van der Waals surface area (Å²) in [5, 5.41) is 28.9. The van der Waals surface area contributed by atoms with Gasteiger partial charge in [-0.25, -0.2) is 4.79 Å². The third-order valence-corrected chi connectivity index (χ3v) is 2.93. The number of carbonyl (C=O) groups excluding carboxylic acids is 2. The molecule has 0 radical (unpaired) electrons. The molecule has 0 aromatic carbocycles. The molecule has 0 saturated carbocycles. The van der Waals surface area contributed by atoms with E-state index in [1.54, 1.807) is 0 Å². The molecule has 0 rings (SSSR count). The maximum atomic E-state index is 11.8. The van der Waals surface area contributed by atoms with Crippen molar-refractivity contribution in [1.82, 2.24) is 5.32 Å². The topological polar surface area (TPSA) is 159 Å². The Morgan fingerprint density at radius 3 is 2.43 bits per heavy atom. The molecule has 1 amide bonds. The van der Waals surface area contributed by atoms with Gasteiger partial charge in [0, 0.05) is 5.75 Å². The Kier molecular flexibility index (Phi) is 10.2. The van der Waals surface area contributed by atoms with Crippen LogP contribution in [0.4, 0.5) is 0 Å². The number of esters is 1. The molecule has 0 saturated heterocycles. The van der Waals surface area contributed by atoms with Gasteiger partial charge in [0.25, 0.3) is 0 Å². The van der Waals surface area contributed by atoms with Crippen molar-refractivity contribution in [1.29, 1.82) is 0 Å². The normalized spacial score (nSPS) is 16.4. The molecule has 0 aliphatic heterocycles. The van der Waals surface area contributed by atoms with Crippen molar-refractivity contribution in [3.8, 4) is 0 Å². The van der Waals surface area contributed by atoms with E-state index < -0.39 is 48.7 Å². The largest absolute Gasteiger partial charge is 0.480 e. The fourth-order valence-electron chi connectivity index (χ4n) is 1.41. The Morgan fingerprint density at radius 2 is 2.00 bits per heavy atom. The van der Waals surface area contributed by atoms with Crippen LogP contribution in [0.15, 0.2) is 12.2 Å². The van der Waals surface area contributed by atoms with E-state index in [2.05, 4.69) is 17.9 Å². The number of carboxylic acid groups (broad SMARTS) is 1. The Labute approximate surface area is 138 Å². The van der Waals surface area contributed by atoms with E-state index in [-0.39, 0.29) is 6.42 Å². The number of aliphatic hydroxyl groups excluding tert-OH is 2. The molecule has 23 heavy (non-hydrogen) atoms. The van der Waals surface area contributed by atoms with Crippen molar-refractivity contribution in [3.63, 3.8) is 0 Å². The van der Waals surface area contributed by atoms with Gasteiger partial charge in [0.15, 0.2) is 0 Å². The second-order valence-corrected chi connectivity index (χ2v) is 5.06. The second-order valence-electron chi connectivity index (χ2n) is 4.70. The molecule has 3 unspecified atom stereocenters. The summed E-state index contributed by atoms with van der Waals surface area (Å²) < 4.78 is 5.01. The number of aliphatic carboxylic acids is 1. The van der Waals surface area contributed by atoms with Crippen LogP contribution in [0.1, 0.15) is 13.3 Å². The lowest BCUT2D eigenvalue weighted by Gasteiger charge is -2.19. The highest BCUT2D eigenvalue weighted by Gasteiger charge is 2.25. The number of thiol groups is 1. The number of hydrogen-bond acceptors (Lipinski definition) is 8. The fourth-order valence-corrected chi connectivity index (χ4v) is 1.53. The van der Waals surface area contributed by atoms with Gasteiger partial charge in [-0.05, 0) is 13.0 Å². The maximum Gasteiger partial charge on any atom is 0.328 e. The number of hydrogen-bond donors (Lipinski definition) is 6. The van der Waals surface area contributed by atoms with Gasteiger partial charge in [-0.3, -0.25) is 9.59 Å². The predicted octanol–water partition coefficient (Wildman–Crippen LogP) is -1.96. The molecule has 0 spiro atoms. The number of aliphatic hydroxyl groups is 2. The Hall–Kier alpha value is -1.62. The van der Waals surface area contributed by atoms with Crippen LogP contribution in [0.3, 0.4) is 0 Å². The first kappa shape index (κ1) is 21.4. The summed E-state index contributed by atoms with van der Waals surface area (Å²) in [6.45, 7) is 0.542. The first-order chi connectivity index (χ1) is 10.7.